The highest BCUT2D eigenvalue weighted by atomic mass is 32.1. The Morgan fingerprint density at radius 3 is 2.35 bits per heavy atom. The standard InChI is InChI=1S/C14H27N5S/c1-9(2)19(10(3)4)8-7-16-14-12(13(15)20)11(5)17-18(14)6/h9-10,16H,7-8H2,1-6H3,(H2,15,20). The molecular formula is C14H27N5S. The molecule has 1 rings (SSSR count). The highest BCUT2D eigenvalue weighted by Crippen LogP contribution is 2.18. The van der Waals surface area contributed by atoms with Gasteiger partial charge in [-0.2, -0.15) is 5.10 Å². The van der Waals surface area contributed by atoms with Crippen LogP contribution in [0.3, 0.4) is 0 Å². The zero-order valence-electron chi connectivity index (χ0n) is 13.4. The Labute approximate surface area is 127 Å². The van der Waals surface area contributed by atoms with Crippen molar-refractivity contribution in [3.8, 4) is 0 Å². The number of anilines is 1. The van der Waals surface area contributed by atoms with Gasteiger partial charge < -0.3 is 11.1 Å². The zero-order valence-corrected chi connectivity index (χ0v) is 14.2. The number of aryl methyl sites for hydroxylation is 2. The number of nitrogens with zero attached hydrogens (tertiary/aromatic N) is 3. The topological polar surface area (TPSA) is 59.1 Å². The molecule has 5 nitrogen and oxygen atoms in total. The third-order valence-corrected chi connectivity index (χ3v) is 3.66. The van der Waals surface area contributed by atoms with Gasteiger partial charge >= 0.3 is 0 Å². The quantitative estimate of drug-likeness (QED) is 0.753. The van der Waals surface area contributed by atoms with E-state index >= 15 is 0 Å². The van der Waals surface area contributed by atoms with Crippen LogP contribution in [-0.2, 0) is 7.05 Å². The lowest BCUT2D eigenvalue weighted by Crippen LogP contribution is -2.40. The molecule has 3 N–H and O–H groups in total. The third-order valence-electron chi connectivity index (χ3n) is 3.46. The Bertz CT molecular complexity index is 456. The summed E-state index contributed by atoms with van der Waals surface area (Å²) in [5.41, 5.74) is 7.50. The van der Waals surface area contributed by atoms with Gasteiger partial charge in [0.1, 0.15) is 10.8 Å². The predicted octanol–water partition coefficient (Wildman–Crippen LogP) is 1.89. The Morgan fingerprint density at radius 2 is 1.90 bits per heavy atom. The number of nitrogens with one attached hydrogen (secondary N) is 1. The molecule has 0 aliphatic rings. The fraction of sp³-hybridized carbons (Fsp3) is 0.714. The van der Waals surface area contributed by atoms with Crippen molar-refractivity contribution in [2.45, 2.75) is 46.7 Å². The zero-order chi connectivity index (χ0) is 15.4. The van der Waals surface area contributed by atoms with Gasteiger partial charge in [0.25, 0.3) is 0 Å². The molecule has 0 aliphatic carbocycles. The molecule has 0 fully saturated rings. The molecule has 20 heavy (non-hydrogen) atoms. The lowest BCUT2D eigenvalue weighted by atomic mass is 10.2. The van der Waals surface area contributed by atoms with Crippen LogP contribution in [0, 0.1) is 6.92 Å². The number of rotatable bonds is 7. The van der Waals surface area contributed by atoms with E-state index in [-0.39, 0.29) is 0 Å². The third kappa shape index (κ3) is 3.93. The first kappa shape index (κ1) is 16.9. The van der Waals surface area contributed by atoms with Crippen LogP contribution in [-0.4, -0.2) is 44.8 Å². The molecule has 0 saturated heterocycles. The maximum absolute atomic E-state index is 5.78. The van der Waals surface area contributed by atoms with Crippen LogP contribution >= 0.6 is 12.2 Å². The van der Waals surface area contributed by atoms with Crippen molar-refractivity contribution < 1.29 is 0 Å². The van der Waals surface area contributed by atoms with Crippen LogP contribution in [0.25, 0.3) is 0 Å². The Kier molecular flexibility index (Phi) is 5.95. The van der Waals surface area contributed by atoms with Gasteiger partial charge in [-0.25, -0.2) is 0 Å². The van der Waals surface area contributed by atoms with Crippen LogP contribution < -0.4 is 11.1 Å². The fourth-order valence-electron chi connectivity index (χ4n) is 2.57. The minimum Gasteiger partial charge on any atom is -0.389 e. The first-order chi connectivity index (χ1) is 9.25. The van der Waals surface area contributed by atoms with Gasteiger partial charge in [0.15, 0.2) is 0 Å². The molecule has 0 atom stereocenters. The summed E-state index contributed by atoms with van der Waals surface area (Å²) in [7, 11) is 1.90. The van der Waals surface area contributed by atoms with E-state index in [1.165, 1.54) is 0 Å². The van der Waals surface area contributed by atoms with Crippen LogP contribution in [0.4, 0.5) is 5.82 Å². The summed E-state index contributed by atoms with van der Waals surface area (Å²) in [6.45, 7) is 12.6. The molecule has 114 valence electrons. The van der Waals surface area contributed by atoms with Crippen LogP contribution in [0.2, 0.25) is 0 Å². The van der Waals surface area contributed by atoms with Crippen molar-refractivity contribution in [3.63, 3.8) is 0 Å². The SMILES string of the molecule is Cc1nn(C)c(NCCN(C(C)C)C(C)C)c1C(N)=S. The van der Waals surface area contributed by atoms with Gasteiger partial charge in [0.05, 0.1) is 11.3 Å². The van der Waals surface area contributed by atoms with Crippen molar-refractivity contribution in [1.29, 1.82) is 0 Å². The smallest absolute Gasteiger partial charge is 0.134 e. The number of thiocarbonyl (C=S) groups is 1. The summed E-state index contributed by atoms with van der Waals surface area (Å²) < 4.78 is 1.80. The first-order valence-corrected chi connectivity index (χ1v) is 7.49. The number of aromatic nitrogens is 2. The van der Waals surface area contributed by atoms with Gasteiger partial charge in [0.2, 0.25) is 0 Å². The van der Waals surface area contributed by atoms with E-state index in [4.69, 9.17) is 18.0 Å². The molecule has 0 aliphatic heterocycles. The van der Waals surface area contributed by atoms with Crippen LogP contribution in [0.15, 0.2) is 0 Å². The van der Waals surface area contributed by atoms with Crippen molar-refractivity contribution in [1.82, 2.24) is 14.7 Å². The van der Waals surface area contributed by atoms with E-state index in [2.05, 4.69) is 43.0 Å². The summed E-state index contributed by atoms with van der Waals surface area (Å²) in [5, 5.41) is 7.79. The molecule has 1 aromatic rings. The second-order valence-electron chi connectivity index (χ2n) is 5.65. The summed E-state index contributed by atoms with van der Waals surface area (Å²) in [5.74, 6) is 0.905. The van der Waals surface area contributed by atoms with Gasteiger partial charge in [-0.05, 0) is 34.6 Å². The van der Waals surface area contributed by atoms with E-state index < -0.39 is 0 Å². The molecule has 0 saturated carbocycles. The number of hydrogen-bond acceptors (Lipinski definition) is 4. The molecule has 0 radical (unpaired) electrons. The highest BCUT2D eigenvalue weighted by molar-refractivity contribution is 7.80. The lowest BCUT2D eigenvalue weighted by molar-refractivity contribution is 0.182. The molecule has 6 heteroatoms. The van der Waals surface area contributed by atoms with E-state index in [1.807, 2.05) is 14.0 Å². The van der Waals surface area contributed by atoms with Crippen molar-refractivity contribution in [2.24, 2.45) is 12.8 Å². The van der Waals surface area contributed by atoms with Gasteiger partial charge in [-0.1, -0.05) is 12.2 Å². The van der Waals surface area contributed by atoms with E-state index in [1.54, 1.807) is 4.68 Å². The predicted molar refractivity (Wildman–Crippen MR) is 89.3 cm³/mol. The molecule has 0 unspecified atom stereocenters. The lowest BCUT2D eigenvalue weighted by Gasteiger charge is -2.30. The second kappa shape index (κ2) is 7.04. The highest BCUT2D eigenvalue weighted by Gasteiger charge is 2.17. The molecule has 1 heterocycles. The van der Waals surface area contributed by atoms with E-state index in [0.717, 1.165) is 30.2 Å². The van der Waals surface area contributed by atoms with Crippen molar-refractivity contribution >= 4 is 23.0 Å². The Balaban J connectivity index is 2.73. The minimum atomic E-state index is 0.391. The summed E-state index contributed by atoms with van der Waals surface area (Å²) >= 11 is 5.11. The molecule has 0 spiro atoms. The monoisotopic (exact) mass is 297 g/mol. The largest absolute Gasteiger partial charge is 0.389 e. The Hall–Kier alpha value is -1.14. The number of nitrogens with two attached hydrogens (primary N) is 1. The maximum Gasteiger partial charge on any atom is 0.134 e. The number of hydrogen-bond donors (Lipinski definition) is 2. The fourth-order valence-corrected chi connectivity index (χ4v) is 2.82. The molecule has 1 aromatic heterocycles. The average Bonchev–Trinajstić information content (AvgIpc) is 2.58. The van der Waals surface area contributed by atoms with E-state index in [9.17, 15) is 0 Å². The molecular weight excluding hydrogens is 270 g/mol. The maximum atomic E-state index is 5.78. The summed E-state index contributed by atoms with van der Waals surface area (Å²) in [4.78, 5) is 2.83. The molecule has 0 amide bonds. The summed E-state index contributed by atoms with van der Waals surface area (Å²) in [6, 6.07) is 1.06. The minimum absolute atomic E-state index is 0.391. The molecule has 0 aromatic carbocycles. The normalized spacial score (nSPS) is 11.7. The van der Waals surface area contributed by atoms with Crippen molar-refractivity contribution in [3.05, 3.63) is 11.3 Å². The van der Waals surface area contributed by atoms with E-state index in [0.29, 0.717) is 17.1 Å². The van der Waals surface area contributed by atoms with Gasteiger partial charge in [0, 0.05) is 32.2 Å². The van der Waals surface area contributed by atoms with Gasteiger partial charge in [-0.15, -0.1) is 0 Å². The van der Waals surface area contributed by atoms with Gasteiger partial charge in [-0.3, -0.25) is 9.58 Å². The molecule has 0 bridgehead atoms. The summed E-state index contributed by atoms with van der Waals surface area (Å²) in [6.07, 6.45) is 0. The van der Waals surface area contributed by atoms with Crippen LogP contribution in [0.1, 0.15) is 39.0 Å². The Morgan fingerprint density at radius 1 is 1.35 bits per heavy atom. The second-order valence-corrected chi connectivity index (χ2v) is 6.09. The van der Waals surface area contributed by atoms with Crippen molar-refractivity contribution in [2.75, 3.05) is 18.4 Å². The average molecular weight is 297 g/mol. The van der Waals surface area contributed by atoms with Crippen LogP contribution in [0.5, 0.6) is 0 Å². The first-order valence-electron chi connectivity index (χ1n) is 7.08.